The summed E-state index contributed by atoms with van der Waals surface area (Å²) >= 11 is 0. The summed E-state index contributed by atoms with van der Waals surface area (Å²) in [6, 6.07) is -0.518. The molecule has 5 atom stereocenters. The van der Waals surface area contributed by atoms with Crippen molar-refractivity contribution in [3.05, 3.63) is 0 Å². The van der Waals surface area contributed by atoms with E-state index in [-0.39, 0.29) is 30.1 Å². The van der Waals surface area contributed by atoms with E-state index in [0.717, 1.165) is 0 Å². The molecule has 0 radical (unpaired) electrons. The molecular formula is C12H22N2O3. The second kappa shape index (κ2) is 4.92. The molecule has 2 aliphatic heterocycles. The lowest BCUT2D eigenvalue weighted by Gasteiger charge is -2.21. The molecule has 3 N–H and O–H groups in total. The van der Waals surface area contributed by atoms with Crippen LogP contribution in [0.25, 0.3) is 0 Å². The Morgan fingerprint density at radius 2 is 1.94 bits per heavy atom. The monoisotopic (exact) mass is 242 g/mol. The van der Waals surface area contributed by atoms with E-state index in [2.05, 4.69) is 12.2 Å². The van der Waals surface area contributed by atoms with Gasteiger partial charge in [0.05, 0.1) is 31.4 Å². The Kier molecular flexibility index (Phi) is 3.70. The van der Waals surface area contributed by atoms with E-state index in [0.29, 0.717) is 19.1 Å². The summed E-state index contributed by atoms with van der Waals surface area (Å²) in [5, 5.41) is 2.94. The van der Waals surface area contributed by atoms with Gasteiger partial charge < -0.3 is 20.5 Å². The second-order valence-electron chi connectivity index (χ2n) is 5.46. The Labute approximate surface area is 102 Å². The minimum Gasteiger partial charge on any atom is -0.373 e. The first-order valence-electron chi connectivity index (χ1n) is 6.30. The standard InChI is InChI=1S/C12H22N2O3/c1-6(2)9(13)12(15)14-8-5-17-10-7(3)4-16-11(8)10/h6-11H,4-5,13H2,1-3H3,(H,14,15)/t7?,8?,9-,10+,11+/m0/s1. The Bertz CT molecular complexity index is 295. The van der Waals surface area contributed by atoms with Crippen LogP contribution >= 0.6 is 0 Å². The van der Waals surface area contributed by atoms with Crippen LogP contribution < -0.4 is 11.1 Å². The molecule has 2 heterocycles. The largest absolute Gasteiger partial charge is 0.373 e. The summed E-state index contributed by atoms with van der Waals surface area (Å²) in [6.07, 6.45) is 0.115. The van der Waals surface area contributed by atoms with Gasteiger partial charge >= 0.3 is 0 Å². The van der Waals surface area contributed by atoms with Crippen molar-refractivity contribution in [2.75, 3.05) is 13.2 Å². The van der Waals surface area contributed by atoms with Crippen LogP contribution in [0, 0.1) is 11.8 Å². The van der Waals surface area contributed by atoms with Crippen molar-refractivity contribution < 1.29 is 14.3 Å². The molecule has 0 aromatic rings. The molecule has 5 heteroatoms. The molecule has 98 valence electrons. The van der Waals surface area contributed by atoms with Crippen molar-refractivity contribution in [2.24, 2.45) is 17.6 Å². The molecule has 1 amide bonds. The SMILES string of the molecule is CC(C)[C@H](N)C(=O)NC1CO[C@@H]2C(C)CO[C@H]12. The van der Waals surface area contributed by atoms with E-state index in [9.17, 15) is 4.79 Å². The molecule has 2 unspecified atom stereocenters. The van der Waals surface area contributed by atoms with Crippen LogP contribution in [-0.2, 0) is 14.3 Å². The lowest BCUT2D eigenvalue weighted by Crippen LogP contribution is -2.51. The number of carbonyl (C=O) groups excluding carboxylic acids is 1. The van der Waals surface area contributed by atoms with E-state index in [1.54, 1.807) is 0 Å². The highest BCUT2D eigenvalue weighted by Gasteiger charge is 2.46. The summed E-state index contributed by atoms with van der Waals surface area (Å²) < 4.78 is 11.3. The van der Waals surface area contributed by atoms with Crippen LogP contribution in [0.2, 0.25) is 0 Å². The maximum Gasteiger partial charge on any atom is 0.237 e. The Morgan fingerprint density at radius 3 is 2.59 bits per heavy atom. The van der Waals surface area contributed by atoms with Crippen molar-refractivity contribution in [1.82, 2.24) is 5.32 Å². The maximum atomic E-state index is 11.9. The first-order valence-corrected chi connectivity index (χ1v) is 6.30. The van der Waals surface area contributed by atoms with Gasteiger partial charge in [0, 0.05) is 5.92 Å². The fraction of sp³-hybridized carbons (Fsp3) is 0.917. The van der Waals surface area contributed by atoms with Crippen LogP contribution in [0.5, 0.6) is 0 Å². The van der Waals surface area contributed by atoms with Crippen LogP contribution in [0.3, 0.4) is 0 Å². The summed E-state index contributed by atoms with van der Waals surface area (Å²) in [7, 11) is 0. The minimum absolute atomic E-state index is 0.00619. The maximum absolute atomic E-state index is 11.9. The number of rotatable bonds is 3. The normalized spacial score (nSPS) is 38.2. The van der Waals surface area contributed by atoms with Gasteiger partial charge in [0.1, 0.15) is 6.10 Å². The van der Waals surface area contributed by atoms with Gasteiger partial charge in [0.25, 0.3) is 0 Å². The van der Waals surface area contributed by atoms with E-state index in [4.69, 9.17) is 15.2 Å². The molecule has 2 rings (SSSR count). The predicted molar refractivity (Wildman–Crippen MR) is 63.4 cm³/mol. The summed E-state index contributed by atoms with van der Waals surface area (Å²) in [6.45, 7) is 7.21. The van der Waals surface area contributed by atoms with Crippen molar-refractivity contribution in [3.63, 3.8) is 0 Å². The fourth-order valence-electron chi connectivity index (χ4n) is 2.40. The molecular weight excluding hydrogens is 220 g/mol. The third-order valence-corrected chi connectivity index (χ3v) is 3.65. The number of hydrogen-bond acceptors (Lipinski definition) is 4. The third kappa shape index (κ3) is 2.46. The summed E-state index contributed by atoms with van der Waals surface area (Å²) in [4.78, 5) is 11.9. The van der Waals surface area contributed by atoms with Gasteiger partial charge in [-0.15, -0.1) is 0 Å². The van der Waals surface area contributed by atoms with Gasteiger partial charge in [0.2, 0.25) is 5.91 Å². The van der Waals surface area contributed by atoms with Gasteiger partial charge in [-0.2, -0.15) is 0 Å². The Hall–Kier alpha value is -0.650. The molecule has 0 aromatic carbocycles. The first kappa shape index (κ1) is 12.8. The number of ether oxygens (including phenoxy) is 2. The van der Waals surface area contributed by atoms with Crippen molar-refractivity contribution in [2.45, 2.75) is 45.1 Å². The highest BCUT2D eigenvalue weighted by Crippen LogP contribution is 2.30. The van der Waals surface area contributed by atoms with Gasteiger partial charge in [0.15, 0.2) is 0 Å². The molecule has 5 nitrogen and oxygen atoms in total. The predicted octanol–water partition coefficient (Wildman–Crippen LogP) is -0.112. The highest BCUT2D eigenvalue weighted by molar-refractivity contribution is 5.82. The lowest BCUT2D eigenvalue weighted by atomic mass is 10.0. The molecule has 0 saturated carbocycles. The van der Waals surface area contributed by atoms with Crippen LogP contribution in [0.15, 0.2) is 0 Å². The number of carbonyl (C=O) groups is 1. The number of amides is 1. The zero-order valence-electron chi connectivity index (χ0n) is 10.7. The van der Waals surface area contributed by atoms with Crippen molar-refractivity contribution in [1.29, 1.82) is 0 Å². The van der Waals surface area contributed by atoms with Gasteiger partial charge in [-0.05, 0) is 5.92 Å². The summed E-state index contributed by atoms with van der Waals surface area (Å²) in [5.41, 5.74) is 5.81. The average molecular weight is 242 g/mol. The first-order chi connectivity index (χ1) is 8.00. The number of nitrogens with one attached hydrogen (secondary N) is 1. The second-order valence-corrected chi connectivity index (χ2v) is 5.46. The zero-order chi connectivity index (χ0) is 12.6. The highest BCUT2D eigenvalue weighted by atomic mass is 16.6. The van der Waals surface area contributed by atoms with E-state index in [1.807, 2.05) is 13.8 Å². The molecule has 2 saturated heterocycles. The van der Waals surface area contributed by atoms with E-state index < -0.39 is 6.04 Å². The molecule has 0 aromatic heterocycles. The number of hydrogen-bond donors (Lipinski definition) is 2. The molecule has 2 fully saturated rings. The smallest absolute Gasteiger partial charge is 0.237 e. The molecule has 0 spiro atoms. The van der Waals surface area contributed by atoms with Gasteiger partial charge in [-0.1, -0.05) is 20.8 Å². The topological polar surface area (TPSA) is 73.6 Å². The van der Waals surface area contributed by atoms with E-state index in [1.165, 1.54) is 0 Å². The molecule has 17 heavy (non-hydrogen) atoms. The summed E-state index contributed by atoms with van der Waals surface area (Å²) in [5.74, 6) is 0.426. The van der Waals surface area contributed by atoms with Crippen molar-refractivity contribution in [3.8, 4) is 0 Å². The molecule has 0 bridgehead atoms. The zero-order valence-corrected chi connectivity index (χ0v) is 10.7. The van der Waals surface area contributed by atoms with Gasteiger partial charge in [-0.3, -0.25) is 4.79 Å². The minimum atomic E-state index is -0.465. The Balaban J connectivity index is 1.90. The van der Waals surface area contributed by atoms with Crippen molar-refractivity contribution >= 4 is 5.91 Å². The van der Waals surface area contributed by atoms with E-state index >= 15 is 0 Å². The molecule has 0 aliphatic carbocycles. The Morgan fingerprint density at radius 1 is 1.29 bits per heavy atom. The van der Waals surface area contributed by atoms with Crippen LogP contribution in [-0.4, -0.2) is 43.4 Å². The average Bonchev–Trinajstić information content (AvgIpc) is 2.82. The van der Waals surface area contributed by atoms with Crippen LogP contribution in [0.1, 0.15) is 20.8 Å². The number of nitrogens with two attached hydrogens (primary N) is 1. The van der Waals surface area contributed by atoms with Gasteiger partial charge in [-0.25, -0.2) is 0 Å². The lowest BCUT2D eigenvalue weighted by molar-refractivity contribution is -0.124. The molecule has 2 aliphatic rings. The fourth-order valence-corrected chi connectivity index (χ4v) is 2.40. The van der Waals surface area contributed by atoms with Crippen LogP contribution in [0.4, 0.5) is 0 Å². The number of fused-ring (bicyclic) bond motifs is 1. The third-order valence-electron chi connectivity index (χ3n) is 3.65. The quantitative estimate of drug-likeness (QED) is 0.724.